The van der Waals surface area contributed by atoms with Crippen LogP contribution in [0.3, 0.4) is 0 Å². The second-order valence-electron chi connectivity index (χ2n) is 5.89. The minimum Gasteiger partial charge on any atom is -0.493 e. The van der Waals surface area contributed by atoms with E-state index < -0.39 is 6.61 Å². The number of benzene rings is 2. The summed E-state index contributed by atoms with van der Waals surface area (Å²) >= 11 is 3.30. The van der Waals surface area contributed by atoms with Gasteiger partial charge in [0.05, 0.1) is 7.11 Å². The van der Waals surface area contributed by atoms with Crippen molar-refractivity contribution in [1.29, 1.82) is 0 Å². The Morgan fingerprint density at radius 2 is 1.79 bits per heavy atom. The molecule has 0 radical (unpaired) electrons. The molecule has 0 aliphatic heterocycles. The Labute approximate surface area is 170 Å². The molecule has 0 aromatic heterocycles. The highest BCUT2D eigenvalue weighted by atomic mass is 79.9. The summed E-state index contributed by atoms with van der Waals surface area (Å²) < 4.78 is 35.2. The SMILES string of the molecule is COc1ccc(CCNC(=O)CCC(=O)c2ccc(Br)cc2)cc1OC(F)F. The van der Waals surface area contributed by atoms with Crippen LogP contribution in [0.5, 0.6) is 11.5 Å². The van der Waals surface area contributed by atoms with Gasteiger partial charge in [0.2, 0.25) is 5.91 Å². The molecule has 0 heterocycles. The van der Waals surface area contributed by atoms with Crippen LogP contribution in [0.2, 0.25) is 0 Å². The number of halogens is 3. The van der Waals surface area contributed by atoms with Crippen molar-refractivity contribution in [1.82, 2.24) is 5.32 Å². The maximum absolute atomic E-state index is 12.5. The van der Waals surface area contributed by atoms with Crippen LogP contribution >= 0.6 is 15.9 Å². The minimum absolute atomic E-state index is 0.0542. The molecule has 0 atom stereocenters. The van der Waals surface area contributed by atoms with Crippen molar-refractivity contribution in [3.05, 3.63) is 58.1 Å². The summed E-state index contributed by atoms with van der Waals surface area (Å²) in [5.41, 5.74) is 1.27. The molecular weight excluding hydrogens is 436 g/mol. The molecule has 28 heavy (non-hydrogen) atoms. The standard InChI is InChI=1S/C20H20BrF2NO4/c1-27-17-8-2-13(12-18(17)28-20(22)23)10-11-24-19(26)9-7-16(25)14-3-5-15(21)6-4-14/h2-6,8,12,20H,7,9-11H2,1H3,(H,24,26). The predicted molar refractivity (Wildman–Crippen MR) is 104 cm³/mol. The lowest BCUT2D eigenvalue weighted by atomic mass is 10.1. The van der Waals surface area contributed by atoms with E-state index in [2.05, 4.69) is 26.0 Å². The third kappa shape index (κ3) is 6.92. The molecule has 1 N–H and O–H groups in total. The number of carbonyl (C=O) groups is 2. The van der Waals surface area contributed by atoms with Gasteiger partial charge in [0.15, 0.2) is 17.3 Å². The zero-order chi connectivity index (χ0) is 20.5. The molecule has 0 aliphatic rings. The van der Waals surface area contributed by atoms with E-state index >= 15 is 0 Å². The first kappa shape index (κ1) is 21.8. The third-order valence-corrected chi connectivity index (χ3v) is 4.45. The van der Waals surface area contributed by atoms with Crippen LogP contribution in [0.1, 0.15) is 28.8 Å². The number of carbonyl (C=O) groups excluding carboxylic acids is 2. The molecule has 2 rings (SSSR count). The second-order valence-corrected chi connectivity index (χ2v) is 6.81. The highest BCUT2D eigenvalue weighted by Gasteiger charge is 2.12. The van der Waals surface area contributed by atoms with E-state index in [0.717, 1.165) is 4.47 Å². The third-order valence-electron chi connectivity index (χ3n) is 3.93. The highest BCUT2D eigenvalue weighted by molar-refractivity contribution is 9.10. The monoisotopic (exact) mass is 455 g/mol. The lowest BCUT2D eigenvalue weighted by Gasteiger charge is -2.12. The fourth-order valence-corrected chi connectivity index (χ4v) is 2.77. The number of amides is 1. The van der Waals surface area contributed by atoms with E-state index in [-0.39, 0.29) is 36.0 Å². The first-order valence-electron chi connectivity index (χ1n) is 8.56. The van der Waals surface area contributed by atoms with Gasteiger partial charge < -0.3 is 14.8 Å². The molecule has 1 amide bonds. The quantitative estimate of drug-likeness (QED) is 0.539. The fourth-order valence-electron chi connectivity index (χ4n) is 2.51. The molecule has 0 bridgehead atoms. The van der Waals surface area contributed by atoms with Crippen LogP contribution in [0, 0.1) is 0 Å². The Bertz CT molecular complexity index is 812. The number of rotatable bonds is 10. The first-order valence-corrected chi connectivity index (χ1v) is 9.35. The Morgan fingerprint density at radius 1 is 1.07 bits per heavy atom. The molecule has 150 valence electrons. The van der Waals surface area contributed by atoms with Crippen LogP contribution in [0.15, 0.2) is 46.9 Å². The van der Waals surface area contributed by atoms with Gasteiger partial charge in [-0.15, -0.1) is 0 Å². The number of Topliss-reactive ketones (excluding diaryl/α,β-unsaturated/α-hetero) is 1. The van der Waals surface area contributed by atoms with E-state index in [4.69, 9.17) is 4.74 Å². The number of hydrogen-bond acceptors (Lipinski definition) is 4. The van der Waals surface area contributed by atoms with Crippen molar-refractivity contribution in [2.24, 2.45) is 0 Å². The summed E-state index contributed by atoms with van der Waals surface area (Å²) in [6, 6.07) is 11.6. The molecular formula is C20H20BrF2NO4. The topological polar surface area (TPSA) is 64.6 Å². The van der Waals surface area contributed by atoms with E-state index in [1.807, 2.05) is 0 Å². The van der Waals surface area contributed by atoms with Crippen LogP contribution in [-0.4, -0.2) is 32.0 Å². The summed E-state index contributed by atoms with van der Waals surface area (Å²) in [6.07, 6.45) is 0.621. The zero-order valence-corrected chi connectivity index (χ0v) is 16.8. The normalized spacial score (nSPS) is 10.6. The summed E-state index contributed by atoms with van der Waals surface area (Å²) in [5.74, 6) is -0.199. The minimum atomic E-state index is -2.95. The number of ketones is 1. The van der Waals surface area contributed by atoms with Gasteiger partial charge in [-0.3, -0.25) is 9.59 Å². The maximum atomic E-state index is 12.5. The molecule has 0 spiro atoms. The Morgan fingerprint density at radius 3 is 2.43 bits per heavy atom. The Hall–Kier alpha value is -2.48. The average molecular weight is 456 g/mol. The second kappa shape index (κ2) is 10.8. The van der Waals surface area contributed by atoms with Gasteiger partial charge in [-0.1, -0.05) is 34.1 Å². The smallest absolute Gasteiger partial charge is 0.387 e. The molecule has 0 saturated carbocycles. The van der Waals surface area contributed by atoms with Gasteiger partial charge in [-0.25, -0.2) is 0 Å². The number of alkyl halides is 2. The lowest BCUT2D eigenvalue weighted by molar-refractivity contribution is -0.121. The van der Waals surface area contributed by atoms with E-state index in [1.54, 1.807) is 30.3 Å². The Kier molecular flexibility index (Phi) is 8.38. The predicted octanol–water partition coefficient (Wildman–Crippen LogP) is 4.38. The van der Waals surface area contributed by atoms with E-state index in [9.17, 15) is 18.4 Å². The maximum Gasteiger partial charge on any atom is 0.387 e. The highest BCUT2D eigenvalue weighted by Crippen LogP contribution is 2.29. The number of methoxy groups -OCH3 is 1. The van der Waals surface area contributed by atoms with E-state index in [1.165, 1.54) is 19.2 Å². The van der Waals surface area contributed by atoms with Crippen molar-refractivity contribution in [3.63, 3.8) is 0 Å². The average Bonchev–Trinajstić information content (AvgIpc) is 2.66. The number of hydrogen-bond donors (Lipinski definition) is 1. The lowest BCUT2D eigenvalue weighted by Crippen LogP contribution is -2.26. The number of ether oxygens (including phenoxy) is 2. The van der Waals surface area contributed by atoms with E-state index in [0.29, 0.717) is 24.1 Å². The van der Waals surface area contributed by atoms with Crippen molar-refractivity contribution in [2.75, 3.05) is 13.7 Å². The van der Waals surface area contributed by atoms with Gasteiger partial charge in [0.1, 0.15) is 0 Å². The molecule has 5 nitrogen and oxygen atoms in total. The zero-order valence-electron chi connectivity index (χ0n) is 15.2. The van der Waals surface area contributed by atoms with Crippen molar-refractivity contribution >= 4 is 27.6 Å². The van der Waals surface area contributed by atoms with Crippen LogP contribution in [0.25, 0.3) is 0 Å². The van der Waals surface area contributed by atoms with Gasteiger partial charge in [-0.2, -0.15) is 8.78 Å². The largest absolute Gasteiger partial charge is 0.493 e. The summed E-state index contributed by atoms with van der Waals surface area (Å²) in [4.78, 5) is 24.0. The van der Waals surface area contributed by atoms with Gasteiger partial charge in [-0.05, 0) is 36.2 Å². The van der Waals surface area contributed by atoms with Crippen LogP contribution < -0.4 is 14.8 Å². The molecule has 0 aliphatic carbocycles. The summed E-state index contributed by atoms with van der Waals surface area (Å²) in [7, 11) is 1.36. The van der Waals surface area contributed by atoms with Crippen LogP contribution in [-0.2, 0) is 11.2 Å². The fraction of sp³-hybridized carbons (Fsp3) is 0.300. The summed E-state index contributed by atoms with van der Waals surface area (Å²) in [6.45, 7) is -2.64. The van der Waals surface area contributed by atoms with Crippen molar-refractivity contribution in [3.8, 4) is 11.5 Å². The van der Waals surface area contributed by atoms with Crippen molar-refractivity contribution in [2.45, 2.75) is 25.9 Å². The molecule has 8 heteroatoms. The summed E-state index contributed by atoms with van der Waals surface area (Å²) in [5, 5.41) is 2.72. The molecule has 0 unspecified atom stereocenters. The Balaban J connectivity index is 1.78. The van der Waals surface area contributed by atoms with Gasteiger partial charge >= 0.3 is 6.61 Å². The first-order chi connectivity index (χ1) is 13.4. The molecule has 0 saturated heterocycles. The van der Waals surface area contributed by atoms with Gasteiger partial charge in [0, 0.05) is 29.4 Å². The van der Waals surface area contributed by atoms with Crippen LogP contribution in [0.4, 0.5) is 8.78 Å². The molecule has 0 fully saturated rings. The van der Waals surface area contributed by atoms with Crippen molar-refractivity contribution < 1.29 is 27.8 Å². The molecule has 2 aromatic carbocycles. The number of nitrogens with one attached hydrogen (secondary N) is 1. The molecule has 2 aromatic rings. The van der Waals surface area contributed by atoms with Gasteiger partial charge in [0.25, 0.3) is 0 Å².